The summed E-state index contributed by atoms with van der Waals surface area (Å²) >= 11 is 6.68. The number of halogens is 7. The van der Waals surface area contributed by atoms with Gasteiger partial charge in [-0.2, -0.15) is 19.0 Å². The maximum atomic E-state index is 15.6. The second-order valence-electron chi connectivity index (χ2n) is 16.7. The lowest BCUT2D eigenvalue weighted by atomic mass is 10.0. The minimum Gasteiger partial charge on any atom is -0.457 e. The van der Waals surface area contributed by atoms with E-state index in [1.165, 1.54) is 29.9 Å². The Balaban J connectivity index is 1.18. The highest BCUT2D eigenvalue weighted by Crippen LogP contribution is 2.68. The van der Waals surface area contributed by atoms with Crippen LogP contribution in [0, 0.1) is 17.6 Å². The number of ether oxygens (including phenoxy) is 1. The average Bonchev–Trinajstić information content (AvgIpc) is 3.82. The molecular formula is C47H35ClF6N8O5S. The van der Waals surface area contributed by atoms with Crippen LogP contribution in [0.4, 0.5) is 32.2 Å². The molecule has 1 fully saturated rings. The molecule has 0 bridgehead atoms. The van der Waals surface area contributed by atoms with Gasteiger partial charge < -0.3 is 10.1 Å². The predicted octanol–water partition coefficient (Wildman–Crippen LogP) is 9.48. The number of amides is 1. The summed E-state index contributed by atoms with van der Waals surface area (Å²) in [4.78, 5) is 34.5. The summed E-state index contributed by atoms with van der Waals surface area (Å²) in [6.07, 6.45) is -2.80. The Labute approximate surface area is 387 Å². The Hall–Kier alpha value is -7.19. The molecule has 2 aliphatic rings. The first kappa shape index (κ1) is 44.6. The monoisotopic (exact) mass is 972 g/mol. The molecule has 13 nitrogen and oxygen atoms in total. The average molecular weight is 973 g/mol. The molecule has 1 saturated carbocycles. The number of nitrogens with one attached hydrogen (secondary N) is 2. The summed E-state index contributed by atoms with van der Waals surface area (Å²) < 4.78 is 126. The van der Waals surface area contributed by atoms with Gasteiger partial charge in [-0.05, 0) is 78.1 Å². The van der Waals surface area contributed by atoms with Crippen molar-refractivity contribution in [3.8, 4) is 28.3 Å². The normalized spacial score (nSPS) is 16.5. The van der Waals surface area contributed by atoms with Crippen molar-refractivity contribution >= 4 is 55.2 Å². The summed E-state index contributed by atoms with van der Waals surface area (Å²) in [5, 5.41) is 10.9. The number of hydrogen-bond acceptors (Lipinski definition) is 8. The number of aryl methyl sites for hydroxylation is 1. The van der Waals surface area contributed by atoms with Gasteiger partial charge >= 0.3 is 0 Å². The van der Waals surface area contributed by atoms with Crippen molar-refractivity contribution in [2.45, 2.75) is 43.7 Å². The van der Waals surface area contributed by atoms with Crippen molar-refractivity contribution < 1.29 is 44.3 Å². The first-order valence-corrected chi connectivity index (χ1v) is 23.2. The van der Waals surface area contributed by atoms with Crippen molar-refractivity contribution in [2.24, 2.45) is 13.0 Å². The number of anilines is 1. The van der Waals surface area contributed by atoms with E-state index in [1.807, 2.05) is 6.07 Å². The highest BCUT2D eigenvalue weighted by molar-refractivity contribution is 7.92. The van der Waals surface area contributed by atoms with Crippen LogP contribution < -0.4 is 20.3 Å². The predicted molar refractivity (Wildman–Crippen MR) is 240 cm³/mol. The highest BCUT2D eigenvalue weighted by atomic mass is 35.5. The van der Waals surface area contributed by atoms with Crippen LogP contribution in [0.5, 0.6) is 11.5 Å². The topological polar surface area (TPSA) is 155 Å². The molecular weight excluding hydrogens is 938 g/mol. The molecule has 348 valence electrons. The third kappa shape index (κ3) is 7.99. The second-order valence-corrected chi connectivity index (χ2v) is 18.8. The first-order valence-electron chi connectivity index (χ1n) is 20.9. The molecule has 0 saturated heterocycles. The van der Waals surface area contributed by atoms with Gasteiger partial charge in [0.15, 0.2) is 5.82 Å². The fourth-order valence-corrected chi connectivity index (χ4v) is 9.89. The Bertz CT molecular complexity index is 3530. The minimum absolute atomic E-state index is 0.0102. The van der Waals surface area contributed by atoms with Gasteiger partial charge in [-0.15, -0.1) is 0 Å². The van der Waals surface area contributed by atoms with Gasteiger partial charge in [-0.25, -0.2) is 31.0 Å². The Morgan fingerprint density at radius 1 is 0.956 bits per heavy atom. The standard InChI is InChI=1S/C47H35ClF6N8O5S/c1-60-41-35(15-14-32(48)39(41)44(58-60)59-68(2,65)66)62-45(56-33-19-24(12-13-29(33)46(62)64)28-10-6-7-11-36(28)67-27-8-4-3-5-9-27)34(18-23-16-25(49)20-26(50)17-23)55-37(63)22-61-42-38(40(57-61)43(51)52)30-21-31(30)47(42,53)54/h3-17,19-20,30-31,34,43H,18,21-22H2,1-2H3,(H,55,63)(H,58,59)/t30?,31?,34-/m0/s1. The molecule has 1 amide bonds. The summed E-state index contributed by atoms with van der Waals surface area (Å²) in [5.41, 5.74) is -1.42. The number of hydrogen-bond donors (Lipinski definition) is 2. The Morgan fingerprint density at radius 3 is 2.40 bits per heavy atom. The number of benzene rings is 5. The number of carbonyl (C=O) groups is 1. The van der Waals surface area contributed by atoms with Crippen molar-refractivity contribution in [3.63, 3.8) is 0 Å². The highest BCUT2D eigenvalue weighted by Gasteiger charge is 2.67. The zero-order valence-corrected chi connectivity index (χ0v) is 37.1. The molecule has 10 rings (SSSR count). The summed E-state index contributed by atoms with van der Waals surface area (Å²) in [6, 6.07) is 24.7. The molecule has 3 aromatic heterocycles. The van der Waals surface area contributed by atoms with Crippen LogP contribution in [-0.4, -0.2) is 49.7 Å². The molecule has 5 aromatic carbocycles. The quantitative estimate of drug-likeness (QED) is 0.108. The molecule has 3 atom stereocenters. The number of nitrogens with zero attached hydrogens (tertiary/aromatic N) is 6. The van der Waals surface area contributed by atoms with Crippen LogP contribution in [0.1, 0.15) is 53.1 Å². The van der Waals surface area contributed by atoms with Crippen LogP contribution >= 0.6 is 11.6 Å². The van der Waals surface area contributed by atoms with Gasteiger partial charge in [0.05, 0.1) is 44.8 Å². The fourth-order valence-electron chi connectivity index (χ4n) is 9.16. The molecule has 3 heterocycles. The fraction of sp³-hybridized carbons (Fsp3) is 0.213. The van der Waals surface area contributed by atoms with E-state index in [1.54, 1.807) is 60.7 Å². The summed E-state index contributed by atoms with van der Waals surface area (Å²) in [6.45, 7) is -0.994. The Morgan fingerprint density at radius 2 is 1.68 bits per heavy atom. The van der Waals surface area contributed by atoms with E-state index >= 15 is 13.6 Å². The molecule has 21 heteroatoms. The van der Waals surface area contributed by atoms with Gasteiger partial charge in [0.25, 0.3) is 17.9 Å². The van der Waals surface area contributed by atoms with Gasteiger partial charge in [0, 0.05) is 36.6 Å². The van der Waals surface area contributed by atoms with E-state index in [-0.39, 0.29) is 61.7 Å². The minimum atomic E-state index is -3.93. The second kappa shape index (κ2) is 16.5. The molecule has 0 radical (unpaired) electrons. The largest absolute Gasteiger partial charge is 0.457 e. The molecule has 8 aromatic rings. The van der Waals surface area contributed by atoms with Gasteiger partial charge in [-0.3, -0.25) is 28.2 Å². The number of carbonyl (C=O) groups excluding carboxylic acids is 1. The number of para-hydroxylation sites is 2. The van der Waals surface area contributed by atoms with Crippen LogP contribution in [0.2, 0.25) is 5.02 Å². The number of alkyl halides is 4. The van der Waals surface area contributed by atoms with E-state index in [2.05, 4.69) is 20.2 Å². The molecule has 2 N–H and O–H groups in total. The van der Waals surface area contributed by atoms with Crippen molar-refractivity contribution in [1.29, 1.82) is 0 Å². The number of fused-ring (bicyclic) bond motifs is 5. The van der Waals surface area contributed by atoms with E-state index < -0.39 is 87.7 Å². The summed E-state index contributed by atoms with van der Waals surface area (Å²) in [7, 11) is -2.47. The van der Waals surface area contributed by atoms with Crippen LogP contribution in [0.25, 0.3) is 38.6 Å². The third-order valence-electron chi connectivity index (χ3n) is 12.0. The zero-order chi connectivity index (χ0) is 48.0. The summed E-state index contributed by atoms with van der Waals surface area (Å²) in [5.74, 6) is -8.10. The maximum absolute atomic E-state index is 15.6. The number of aromatic nitrogens is 6. The molecule has 68 heavy (non-hydrogen) atoms. The van der Waals surface area contributed by atoms with E-state index in [0.29, 0.717) is 33.4 Å². The smallest absolute Gasteiger partial charge is 0.293 e. The Kier molecular flexibility index (Phi) is 10.9. The number of sulfonamides is 1. The lowest BCUT2D eigenvalue weighted by molar-refractivity contribution is -0.123. The van der Waals surface area contributed by atoms with E-state index in [4.69, 9.17) is 21.3 Å². The van der Waals surface area contributed by atoms with Crippen molar-refractivity contribution in [2.75, 3.05) is 11.0 Å². The van der Waals surface area contributed by atoms with Crippen LogP contribution in [0.3, 0.4) is 0 Å². The van der Waals surface area contributed by atoms with E-state index in [9.17, 15) is 30.8 Å². The van der Waals surface area contributed by atoms with Crippen LogP contribution in [-0.2, 0) is 40.8 Å². The third-order valence-corrected chi connectivity index (χ3v) is 12.9. The van der Waals surface area contributed by atoms with Gasteiger partial charge in [-0.1, -0.05) is 54.1 Å². The first-order chi connectivity index (χ1) is 32.4. The number of rotatable bonds is 13. The van der Waals surface area contributed by atoms with Crippen molar-refractivity contribution in [3.05, 3.63) is 158 Å². The molecule has 2 unspecified atom stereocenters. The lowest BCUT2D eigenvalue weighted by Crippen LogP contribution is -2.38. The van der Waals surface area contributed by atoms with Crippen molar-refractivity contribution in [1.82, 2.24) is 34.4 Å². The molecule has 2 aliphatic carbocycles. The SMILES string of the molecule is Cn1nc(NS(C)(=O)=O)c2c(Cl)ccc(-n3c([C@H](Cc4cc(F)cc(F)c4)NC(=O)Cn4nc(C(F)F)c5c4C(F)(F)C4CC54)nc4cc(-c5ccccc5Oc5ccccc5)ccc4c3=O)c21. The van der Waals surface area contributed by atoms with Crippen LogP contribution in [0.15, 0.2) is 108 Å². The lowest BCUT2D eigenvalue weighted by Gasteiger charge is -2.24. The van der Waals surface area contributed by atoms with Gasteiger partial charge in [0.1, 0.15) is 46.9 Å². The zero-order valence-electron chi connectivity index (χ0n) is 35.5. The molecule has 0 spiro atoms. The maximum Gasteiger partial charge on any atom is 0.293 e. The van der Waals surface area contributed by atoms with Gasteiger partial charge in [0.2, 0.25) is 15.9 Å². The molecule has 0 aliphatic heterocycles. The van der Waals surface area contributed by atoms with E-state index in [0.717, 1.165) is 23.0 Å².